The molecule has 0 fully saturated rings. The fourth-order valence-electron chi connectivity index (χ4n) is 1.51. The van der Waals surface area contributed by atoms with Crippen LogP contribution in [0.1, 0.15) is 17.3 Å². The Labute approximate surface area is 123 Å². The normalized spacial score (nSPS) is 9.62. The molecule has 0 aliphatic heterocycles. The molecule has 7 nitrogen and oxygen atoms in total. The second-order valence-electron chi connectivity index (χ2n) is 4.24. The molecular weight excluding hydrogens is 274 g/mol. The molecule has 0 unspecified atom stereocenters. The standard InChI is InChI=1S/C14H19N3O4/c1-10(18)15-7-8-16-13(19)9-17-14(20)11-3-5-12(21-2)6-4-11/h3-6H,7-9H2,1-2H3,(H,15,18)(H,16,19)(H,17,20). The summed E-state index contributed by atoms with van der Waals surface area (Å²) >= 11 is 0. The summed E-state index contributed by atoms with van der Waals surface area (Å²) in [6.07, 6.45) is 0. The highest BCUT2D eigenvalue weighted by Crippen LogP contribution is 2.10. The van der Waals surface area contributed by atoms with Gasteiger partial charge in [0.15, 0.2) is 0 Å². The zero-order valence-corrected chi connectivity index (χ0v) is 12.1. The molecule has 21 heavy (non-hydrogen) atoms. The Hall–Kier alpha value is -2.57. The van der Waals surface area contributed by atoms with E-state index < -0.39 is 0 Å². The highest BCUT2D eigenvalue weighted by atomic mass is 16.5. The molecule has 0 aliphatic carbocycles. The Morgan fingerprint density at radius 2 is 1.62 bits per heavy atom. The number of amides is 3. The van der Waals surface area contributed by atoms with Crippen LogP contribution in [0.25, 0.3) is 0 Å². The van der Waals surface area contributed by atoms with E-state index in [2.05, 4.69) is 16.0 Å². The quantitative estimate of drug-likeness (QED) is 0.600. The topological polar surface area (TPSA) is 96.5 Å². The summed E-state index contributed by atoms with van der Waals surface area (Å²) in [5.74, 6) is -0.156. The van der Waals surface area contributed by atoms with E-state index in [1.54, 1.807) is 31.4 Å². The lowest BCUT2D eigenvalue weighted by Gasteiger charge is -2.07. The summed E-state index contributed by atoms with van der Waals surface area (Å²) in [6, 6.07) is 6.57. The van der Waals surface area contributed by atoms with Gasteiger partial charge < -0.3 is 20.7 Å². The molecule has 0 radical (unpaired) electrons. The third-order valence-corrected chi connectivity index (χ3v) is 2.58. The van der Waals surface area contributed by atoms with Crippen molar-refractivity contribution in [1.29, 1.82) is 0 Å². The molecule has 0 spiro atoms. The van der Waals surface area contributed by atoms with Gasteiger partial charge in [-0.1, -0.05) is 0 Å². The number of carbonyl (C=O) groups is 3. The van der Waals surface area contributed by atoms with Gasteiger partial charge in [0.25, 0.3) is 5.91 Å². The molecule has 3 N–H and O–H groups in total. The van der Waals surface area contributed by atoms with Crippen molar-refractivity contribution < 1.29 is 19.1 Å². The van der Waals surface area contributed by atoms with E-state index in [1.807, 2.05) is 0 Å². The van der Waals surface area contributed by atoms with Gasteiger partial charge in [-0.15, -0.1) is 0 Å². The SMILES string of the molecule is COc1ccc(C(=O)NCC(=O)NCCNC(C)=O)cc1. The number of nitrogens with one attached hydrogen (secondary N) is 3. The van der Waals surface area contributed by atoms with E-state index in [0.717, 1.165) is 0 Å². The van der Waals surface area contributed by atoms with E-state index in [9.17, 15) is 14.4 Å². The fraction of sp³-hybridized carbons (Fsp3) is 0.357. The molecule has 0 saturated carbocycles. The van der Waals surface area contributed by atoms with Crippen LogP contribution in [-0.4, -0.2) is 44.5 Å². The van der Waals surface area contributed by atoms with Crippen LogP contribution in [0.5, 0.6) is 5.75 Å². The minimum Gasteiger partial charge on any atom is -0.497 e. The first kappa shape index (κ1) is 16.5. The van der Waals surface area contributed by atoms with Crippen molar-refractivity contribution in [3.05, 3.63) is 29.8 Å². The number of rotatable bonds is 7. The van der Waals surface area contributed by atoms with Gasteiger partial charge in [0, 0.05) is 25.6 Å². The molecule has 0 bridgehead atoms. The van der Waals surface area contributed by atoms with Crippen LogP contribution in [0.3, 0.4) is 0 Å². The first-order valence-corrected chi connectivity index (χ1v) is 6.46. The van der Waals surface area contributed by atoms with Crippen molar-refractivity contribution in [2.24, 2.45) is 0 Å². The fourth-order valence-corrected chi connectivity index (χ4v) is 1.51. The number of ether oxygens (including phenoxy) is 1. The summed E-state index contributed by atoms with van der Waals surface area (Å²) in [7, 11) is 1.54. The Morgan fingerprint density at radius 1 is 1.00 bits per heavy atom. The van der Waals surface area contributed by atoms with Gasteiger partial charge in [0.1, 0.15) is 5.75 Å². The van der Waals surface area contributed by atoms with Gasteiger partial charge in [0.2, 0.25) is 11.8 Å². The minimum absolute atomic E-state index is 0.120. The molecule has 7 heteroatoms. The first-order chi connectivity index (χ1) is 10.0. The van der Waals surface area contributed by atoms with Crippen LogP contribution >= 0.6 is 0 Å². The molecule has 1 aromatic rings. The van der Waals surface area contributed by atoms with E-state index in [0.29, 0.717) is 24.4 Å². The zero-order chi connectivity index (χ0) is 15.7. The Balaban J connectivity index is 2.28. The van der Waals surface area contributed by atoms with E-state index in [4.69, 9.17) is 4.74 Å². The number of benzene rings is 1. The van der Waals surface area contributed by atoms with Gasteiger partial charge in [-0.25, -0.2) is 0 Å². The average molecular weight is 293 g/mol. The molecule has 0 heterocycles. The minimum atomic E-state index is -0.338. The predicted molar refractivity (Wildman–Crippen MR) is 77.0 cm³/mol. The van der Waals surface area contributed by atoms with Gasteiger partial charge in [0.05, 0.1) is 13.7 Å². The highest BCUT2D eigenvalue weighted by molar-refractivity contribution is 5.96. The smallest absolute Gasteiger partial charge is 0.251 e. The molecule has 0 aromatic heterocycles. The van der Waals surface area contributed by atoms with E-state index in [1.165, 1.54) is 6.92 Å². The van der Waals surface area contributed by atoms with E-state index in [-0.39, 0.29) is 24.3 Å². The lowest BCUT2D eigenvalue weighted by molar-refractivity contribution is -0.121. The van der Waals surface area contributed by atoms with Gasteiger partial charge >= 0.3 is 0 Å². The van der Waals surface area contributed by atoms with Gasteiger partial charge in [-0.05, 0) is 24.3 Å². The summed E-state index contributed by atoms with van der Waals surface area (Å²) < 4.78 is 4.99. The second kappa shape index (κ2) is 8.57. The predicted octanol–water partition coefficient (Wildman–Crippen LogP) is -0.323. The third-order valence-electron chi connectivity index (χ3n) is 2.58. The summed E-state index contributed by atoms with van der Waals surface area (Å²) in [6.45, 7) is 1.95. The van der Waals surface area contributed by atoms with Gasteiger partial charge in [-0.3, -0.25) is 14.4 Å². The summed E-state index contributed by atoms with van der Waals surface area (Å²) in [5.41, 5.74) is 0.446. The maximum atomic E-state index is 11.8. The van der Waals surface area contributed by atoms with Crippen LogP contribution in [0.15, 0.2) is 24.3 Å². The van der Waals surface area contributed by atoms with Crippen LogP contribution in [-0.2, 0) is 9.59 Å². The Bertz CT molecular complexity index is 499. The number of carbonyl (C=O) groups excluding carboxylic acids is 3. The summed E-state index contributed by atoms with van der Waals surface area (Å²) in [5, 5.41) is 7.63. The molecule has 1 rings (SSSR count). The van der Waals surface area contributed by atoms with E-state index >= 15 is 0 Å². The van der Waals surface area contributed by atoms with Crippen molar-refractivity contribution in [2.45, 2.75) is 6.92 Å². The van der Waals surface area contributed by atoms with Crippen molar-refractivity contribution in [3.63, 3.8) is 0 Å². The average Bonchev–Trinajstić information content (AvgIpc) is 2.49. The van der Waals surface area contributed by atoms with Crippen LogP contribution in [0.4, 0.5) is 0 Å². The monoisotopic (exact) mass is 293 g/mol. The second-order valence-corrected chi connectivity index (χ2v) is 4.24. The molecule has 0 atom stereocenters. The number of hydrogen-bond donors (Lipinski definition) is 3. The lowest BCUT2D eigenvalue weighted by atomic mass is 10.2. The van der Waals surface area contributed by atoms with Crippen molar-refractivity contribution in [3.8, 4) is 5.75 Å². The Kier molecular flexibility index (Phi) is 6.73. The highest BCUT2D eigenvalue weighted by Gasteiger charge is 2.07. The molecule has 3 amide bonds. The van der Waals surface area contributed by atoms with Crippen molar-refractivity contribution in [2.75, 3.05) is 26.7 Å². The van der Waals surface area contributed by atoms with Gasteiger partial charge in [-0.2, -0.15) is 0 Å². The molecular formula is C14H19N3O4. The first-order valence-electron chi connectivity index (χ1n) is 6.46. The zero-order valence-electron chi connectivity index (χ0n) is 12.1. The molecule has 114 valence electrons. The maximum Gasteiger partial charge on any atom is 0.251 e. The lowest BCUT2D eigenvalue weighted by Crippen LogP contribution is -2.40. The van der Waals surface area contributed by atoms with Crippen LogP contribution in [0, 0.1) is 0 Å². The maximum absolute atomic E-state index is 11.8. The number of hydrogen-bond acceptors (Lipinski definition) is 4. The Morgan fingerprint density at radius 3 is 2.19 bits per heavy atom. The van der Waals surface area contributed by atoms with Crippen molar-refractivity contribution >= 4 is 17.7 Å². The van der Waals surface area contributed by atoms with Crippen LogP contribution in [0.2, 0.25) is 0 Å². The molecule has 1 aromatic carbocycles. The van der Waals surface area contributed by atoms with Crippen molar-refractivity contribution in [1.82, 2.24) is 16.0 Å². The number of methoxy groups -OCH3 is 1. The summed E-state index contributed by atoms with van der Waals surface area (Å²) in [4.78, 5) is 33.9. The van der Waals surface area contributed by atoms with Crippen LogP contribution < -0.4 is 20.7 Å². The largest absolute Gasteiger partial charge is 0.497 e. The molecule has 0 aliphatic rings. The molecule has 0 saturated heterocycles. The third kappa shape index (κ3) is 6.42.